The number of carbonyl (C=O) groups is 1. The standard InChI is InChI=1S/C20H17ClN2O3/c1-3-11-23-16-10-5-4-7-13(16)18(24)17(20(23)26)19(25)22-15-9-6-8-14(21)12(15)2/h3-10,24H,1,11H2,2H3,(H,22,25). The van der Waals surface area contributed by atoms with Crippen LogP contribution in [0, 0.1) is 6.92 Å². The lowest BCUT2D eigenvalue weighted by Crippen LogP contribution is -2.29. The van der Waals surface area contributed by atoms with Crippen molar-refractivity contribution in [3.05, 3.63) is 81.6 Å². The first kappa shape index (κ1) is 17.8. The summed E-state index contributed by atoms with van der Waals surface area (Å²) in [4.78, 5) is 25.6. The second kappa shape index (κ2) is 7.06. The van der Waals surface area contributed by atoms with E-state index in [-0.39, 0.29) is 17.9 Å². The van der Waals surface area contributed by atoms with Crippen molar-refractivity contribution in [1.29, 1.82) is 0 Å². The molecule has 0 spiro atoms. The van der Waals surface area contributed by atoms with Crippen molar-refractivity contribution in [3.63, 3.8) is 0 Å². The Labute approximate surface area is 155 Å². The van der Waals surface area contributed by atoms with Crippen molar-refractivity contribution in [2.24, 2.45) is 0 Å². The van der Waals surface area contributed by atoms with E-state index in [1.165, 1.54) is 4.57 Å². The predicted molar refractivity (Wildman–Crippen MR) is 104 cm³/mol. The van der Waals surface area contributed by atoms with Crippen LogP contribution in [0.25, 0.3) is 10.9 Å². The van der Waals surface area contributed by atoms with Gasteiger partial charge in [0.25, 0.3) is 11.5 Å². The van der Waals surface area contributed by atoms with Crippen LogP contribution >= 0.6 is 11.6 Å². The molecule has 0 bridgehead atoms. The van der Waals surface area contributed by atoms with Crippen LogP contribution in [-0.4, -0.2) is 15.6 Å². The Bertz CT molecular complexity index is 1090. The Morgan fingerprint density at radius 1 is 1.27 bits per heavy atom. The van der Waals surface area contributed by atoms with Crippen molar-refractivity contribution in [1.82, 2.24) is 4.57 Å². The second-order valence-electron chi connectivity index (χ2n) is 5.81. The number of nitrogens with one attached hydrogen (secondary N) is 1. The third kappa shape index (κ3) is 2.97. The summed E-state index contributed by atoms with van der Waals surface area (Å²) in [7, 11) is 0. The number of aromatic hydroxyl groups is 1. The van der Waals surface area contributed by atoms with Gasteiger partial charge < -0.3 is 15.0 Å². The van der Waals surface area contributed by atoms with E-state index < -0.39 is 11.5 Å². The maximum Gasteiger partial charge on any atom is 0.268 e. The van der Waals surface area contributed by atoms with Crippen molar-refractivity contribution in [2.45, 2.75) is 13.5 Å². The number of pyridine rings is 1. The molecule has 5 nitrogen and oxygen atoms in total. The number of halogens is 1. The molecule has 26 heavy (non-hydrogen) atoms. The Morgan fingerprint density at radius 2 is 2.00 bits per heavy atom. The lowest BCUT2D eigenvalue weighted by molar-refractivity contribution is 0.102. The van der Waals surface area contributed by atoms with Crippen LogP contribution in [0.2, 0.25) is 5.02 Å². The summed E-state index contributed by atoms with van der Waals surface area (Å²) in [6.07, 6.45) is 1.56. The molecule has 1 aromatic heterocycles. The second-order valence-corrected chi connectivity index (χ2v) is 6.22. The van der Waals surface area contributed by atoms with Gasteiger partial charge >= 0.3 is 0 Å². The number of amides is 1. The fraction of sp³-hybridized carbons (Fsp3) is 0.100. The average molecular weight is 369 g/mol. The smallest absolute Gasteiger partial charge is 0.268 e. The fourth-order valence-corrected chi connectivity index (χ4v) is 3.01. The molecule has 3 aromatic rings. The fourth-order valence-electron chi connectivity index (χ4n) is 2.83. The highest BCUT2D eigenvalue weighted by Crippen LogP contribution is 2.28. The Hall–Kier alpha value is -3.05. The maximum absolute atomic E-state index is 12.8. The molecule has 0 unspecified atom stereocenters. The Kier molecular flexibility index (Phi) is 4.82. The number of carbonyl (C=O) groups excluding carboxylic acids is 1. The third-order valence-electron chi connectivity index (χ3n) is 4.20. The van der Waals surface area contributed by atoms with Crippen LogP contribution in [0.3, 0.4) is 0 Å². The van der Waals surface area contributed by atoms with Crippen LogP contribution in [0.15, 0.2) is 59.9 Å². The summed E-state index contributed by atoms with van der Waals surface area (Å²) >= 11 is 6.07. The molecule has 0 atom stereocenters. The van der Waals surface area contributed by atoms with Gasteiger partial charge in [0.2, 0.25) is 0 Å². The van der Waals surface area contributed by atoms with E-state index in [0.717, 1.165) is 0 Å². The summed E-state index contributed by atoms with van der Waals surface area (Å²) in [5.74, 6) is -1.04. The van der Waals surface area contributed by atoms with Gasteiger partial charge in [-0.25, -0.2) is 0 Å². The number of benzene rings is 2. The van der Waals surface area contributed by atoms with Crippen molar-refractivity contribution in [3.8, 4) is 5.75 Å². The molecule has 0 saturated carbocycles. The minimum Gasteiger partial charge on any atom is -0.506 e. The number of aromatic nitrogens is 1. The molecule has 2 N–H and O–H groups in total. The van der Waals surface area contributed by atoms with Crippen molar-refractivity contribution < 1.29 is 9.90 Å². The highest BCUT2D eigenvalue weighted by molar-refractivity contribution is 6.31. The van der Waals surface area contributed by atoms with E-state index in [1.54, 1.807) is 55.5 Å². The van der Waals surface area contributed by atoms with Crippen LogP contribution in [0.1, 0.15) is 15.9 Å². The number of para-hydroxylation sites is 1. The number of rotatable bonds is 4. The molecule has 2 aromatic carbocycles. The summed E-state index contributed by atoms with van der Waals surface area (Å²) in [5, 5.41) is 14.1. The SMILES string of the molecule is C=CCn1c(=O)c(C(=O)Nc2cccc(Cl)c2C)c(O)c2ccccc21. The monoisotopic (exact) mass is 368 g/mol. The average Bonchev–Trinajstić information content (AvgIpc) is 2.62. The first-order valence-corrected chi connectivity index (χ1v) is 8.35. The molecule has 1 heterocycles. The van der Waals surface area contributed by atoms with Crippen LogP contribution in [-0.2, 0) is 6.54 Å². The summed E-state index contributed by atoms with van der Waals surface area (Å²) in [6, 6.07) is 11.9. The number of hydrogen-bond donors (Lipinski definition) is 2. The van der Waals surface area contributed by atoms with Crippen molar-refractivity contribution in [2.75, 3.05) is 5.32 Å². The van der Waals surface area contributed by atoms with Gasteiger partial charge in [-0.1, -0.05) is 35.9 Å². The highest BCUT2D eigenvalue weighted by Gasteiger charge is 2.22. The molecule has 0 aliphatic heterocycles. The van der Waals surface area contributed by atoms with E-state index in [4.69, 9.17) is 11.6 Å². The molecule has 132 valence electrons. The number of hydrogen-bond acceptors (Lipinski definition) is 3. The van der Waals surface area contributed by atoms with Gasteiger partial charge in [0.1, 0.15) is 11.3 Å². The zero-order chi connectivity index (χ0) is 18.8. The minimum atomic E-state index is -0.693. The van der Waals surface area contributed by atoms with Gasteiger partial charge in [0.05, 0.1) is 5.52 Å². The lowest BCUT2D eigenvalue weighted by Gasteiger charge is -2.14. The number of nitrogens with zero attached hydrogens (tertiary/aromatic N) is 1. The summed E-state index contributed by atoms with van der Waals surface area (Å²) in [5.41, 5.74) is 0.785. The first-order chi connectivity index (χ1) is 12.5. The zero-order valence-corrected chi connectivity index (χ0v) is 14.9. The van der Waals surface area contributed by atoms with Crippen LogP contribution in [0.4, 0.5) is 5.69 Å². The molecular weight excluding hydrogens is 352 g/mol. The maximum atomic E-state index is 12.8. The Morgan fingerprint density at radius 3 is 2.73 bits per heavy atom. The molecule has 0 radical (unpaired) electrons. The van der Waals surface area contributed by atoms with Gasteiger partial charge in [-0.05, 0) is 36.8 Å². The van der Waals surface area contributed by atoms with Gasteiger partial charge in [-0.3, -0.25) is 9.59 Å². The molecule has 0 aliphatic carbocycles. The minimum absolute atomic E-state index is 0.218. The largest absolute Gasteiger partial charge is 0.506 e. The third-order valence-corrected chi connectivity index (χ3v) is 4.61. The molecule has 0 saturated heterocycles. The van der Waals surface area contributed by atoms with E-state index in [0.29, 0.717) is 27.2 Å². The van der Waals surface area contributed by atoms with Crippen molar-refractivity contribution >= 4 is 34.1 Å². The molecule has 3 rings (SSSR count). The zero-order valence-electron chi connectivity index (χ0n) is 14.1. The van der Waals surface area contributed by atoms with Gasteiger partial charge in [-0.15, -0.1) is 6.58 Å². The molecule has 6 heteroatoms. The highest BCUT2D eigenvalue weighted by atomic mass is 35.5. The summed E-state index contributed by atoms with van der Waals surface area (Å²) < 4.78 is 1.40. The number of anilines is 1. The first-order valence-electron chi connectivity index (χ1n) is 7.97. The molecular formula is C20H17ClN2O3. The topological polar surface area (TPSA) is 71.3 Å². The summed E-state index contributed by atoms with van der Waals surface area (Å²) in [6.45, 7) is 5.63. The molecule has 1 amide bonds. The quantitative estimate of drug-likeness (QED) is 0.681. The Balaban J connectivity index is 2.18. The molecule has 0 aliphatic rings. The van der Waals surface area contributed by atoms with Gasteiger partial charge in [0.15, 0.2) is 0 Å². The molecule has 0 fully saturated rings. The van der Waals surface area contributed by atoms with Gasteiger partial charge in [-0.2, -0.15) is 0 Å². The number of allylic oxidation sites excluding steroid dienone is 1. The lowest BCUT2D eigenvalue weighted by atomic mass is 10.1. The van der Waals surface area contributed by atoms with Gasteiger partial charge in [0, 0.05) is 22.6 Å². The van der Waals surface area contributed by atoms with Crippen LogP contribution in [0.5, 0.6) is 5.75 Å². The van der Waals surface area contributed by atoms with Crippen LogP contribution < -0.4 is 10.9 Å². The van der Waals surface area contributed by atoms with E-state index in [1.807, 2.05) is 0 Å². The van der Waals surface area contributed by atoms with E-state index in [2.05, 4.69) is 11.9 Å². The van der Waals surface area contributed by atoms with E-state index in [9.17, 15) is 14.7 Å². The van der Waals surface area contributed by atoms with E-state index >= 15 is 0 Å². The number of fused-ring (bicyclic) bond motifs is 1. The predicted octanol–water partition coefficient (Wildman–Crippen LogP) is 4.11. The normalized spacial score (nSPS) is 10.7.